The molecule has 31 heavy (non-hydrogen) atoms. The normalized spacial score (nSPS) is 12.2. The second-order valence-electron chi connectivity index (χ2n) is 7.66. The van der Waals surface area contributed by atoms with Gasteiger partial charge in [-0.2, -0.15) is 0 Å². The quantitative estimate of drug-likeness (QED) is 0.527. The molecule has 0 fully saturated rings. The number of carbonyl (C=O) groups is 2. The van der Waals surface area contributed by atoms with Gasteiger partial charge in [0.25, 0.3) is 0 Å². The fourth-order valence-electron chi connectivity index (χ4n) is 3.26. The number of nitrogens with one attached hydrogen (secondary N) is 1. The Labute approximate surface area is 184 Å². The van der Waals surface area contributed by atoms with Crippen molar-refractivity contribution in [2.75, 3.05) is 0 Å². The van der Waals surface area contributed by atoms with Crippen LogP contribution in [0.25, 0.3) is 11.1 Å². The standard InChI is InChI=1S/C23H25ClN2O5/c1-14(2)30-22(28)13-18(16-6-4-15(3)5-7-16)25-21(27)10-11-26-19-9-8-17(24)12-20(19)31-23(26)29/h4-9,12,14,18H,10-11,13H2,1-3H3,(H,25,27)/t18-/m0/s1. The SMILES string of the molecule is Cc1ccc([C@H](CC(=O)OC(C)C)NC(=O)CCn2c(=O)oc3cc(Cl)ccc32)cc1. The molecular weight excluding hydrogens is 420 g/mol. The molecule has 2 aromatic carbocycles. The van der Waals surface area contributed by atoms with Crippen molar-refractivity contribution in [3.63, 3.8) is 0 Å². The minimum atomic E-state index is -0.555. The lowest BCUT2D eigenvalue weighted by Gasteiger charge is -2.20. The monoisotopic (exact) mass is 444 g/mol. The highest BCUT2D eigenvalue weighted by atomic mass is 35.5. The number of amides is 1. The lowest BCUT2D eigenvalue weighted by atomic mass is 10.0. The van der Waals surface area contributed by atoms with Crippen molar-refractivity contribution >= 4 is 34.6 Å². The molecule has 0 aliphatic heterocycles. The Morgan fingerprint density at radius 3 is 2.55 bits per heavy atom. The molecule has 7 nitrogen and oxygen atoms in total. The second kappa shape index (κ2) is 9.83. The van der Waals surface area contributed by atoms with Crippen molar-refractivity contribution in [1.29, 1.82) is 0 Å². The summed E-state index contributed by atoms with van der Waals surface area (Å²) in [6, 6.07) is 12.0. The van der Waals surface area contributed by atoms with Crippen molar-refractivity contribution in [3.8, 4) is 0 Å². The number of ether oxygens (including phenoxy) is 1. The first-order chi connectivity index (χ1) is 14.7. The lowest BCUT2D eigenvalue weighted by molar-refractivity contribution is -0.148. The van der Waals surface area contributed by atoms with Crippen LogP contribution in [0.4, 0.5) is 0 Å². The molecule has 0 unspecified atom stereocenters. The maximum Gasteiger partial charge on any atom is 0.419 e. The van der Waals surface area contributed by atoms with Crippen molar-refractivity contribution in [1.82, 2.24) is 9.88 Å². The van der Waals surface area contributed by atoms with Crippen LogP contribution >= 0.6 is 11.6 Å². The average molecular weight is 445 g/mol. The zero-order valence-electron chi connectivity index (χ0n) is 17.7. The number of hydrogen-bond acceptors (Lipinski definition) is 5. The van der Waals surface area contributed by atoms with Crippen LogP contribution in [0.2, 0.25) is 5.02 Å². The van der Waals surface area contributed by atoms with Gasteiger partial charge in [0.1, 0.15) is 0 Å². The first-order valence-corrected chi connectivity index (χ1v) is 10.4. The van der Waals surface area contributed by atoms with Gasteiger partial charge in [0.15, 0.2) is 5.58 Å². The van der Waals surface area contributed by atoms with Crippen molar-refractivity contribution in [2.24, 2.45) is 0 Å². The van der Waals surface area contributed by atoms with E-state index in [0.29, 0.717) is 16.1 Å². The molecule has 0 saturated carbocycles. The summed E-state index contributed by atoms with van der Waals surface area (Å²) in [5, 5.41) is 3.35. The minimum Gasteiger partial charge on any atom is -0.463 e. The summed E-state index contributed by atoms with van der Waals surface area (Å²) in [6.45, 7) is 5.65. The van der Waals surface area contributed by atoms with Gasteiger partial charge in [-0.25, -0.2) is 4.79 Å². The van der Waals surface area contributed by atoms with Gasteiger partial charge in [0.2, 0.25) is 5.91 Å². The fourth-order valence-corrected chi connectivity index (χ4v) is 3.42. The number of halogens is 1. The van der Waals surface area contributed by atoms with Crippen LogP contribution in [0.3, 0.4) is 0 Å². The molecule has 1 N–H and O–H groups in total. The Kier molecular flexibility index (Phi) is 7.17. The maximum atomic E-state index is 12.7. The van der Waals surface area contributed by atoms with Gasteiger partial charge in [-0.1, -0.05) is 41.4 Å². The van der Waals surface area contributed by atoms with E-state index in [9.17, 15) is 14.4 Å². The molecule has 0 saturated heterocycles. The summed E-state index contributed by atoms with van der Waals surface area (Å²) in [6.07, 6.45) is -0.185. The summed E-state index contributed by atoms with van der Waals surface area (Å²) in [5.41, 5.74) is 2.81. The summed E-state index contributed by atoms with van der Waals surface area (Å²) < 4.78 is 11.8. The molecule has 0 spiro atoms. The van der Waals surface area contributed by atoms with Crippen molar-refractivity contribution < 1.29 is 18.7 Å². The highest BCUT2D eigenvalue weighted by Gasteiger charge is 2.20. The maximum absolute atomic E-state index is 12.7. The van der Waals surface area contributed by atoms with Crippen LogP contribution in [0.15, 0.2) is 51.7 Å². The van der Waals surface area contributed by atoms with E-state index in [-0.39, 0.29) is 31.4 Å². The number of fused-ring (bicyclic) bond motifs is 1. The number of rotatable bonds is 8. The number of aromatic nitrogens is 1. The number of nitrogens with zero attached hydrogens (tertiary/aromatic N) is 1. The Hall–Kier alpha value is -3.06. The topological polar surface area (TPSA) is 90.5 Å². The molecule has 164 valence electrons. The molecule has 3 aromatic rings. The number of aryl methyl sites for hydroxylation is 2. The number of carbonyl (C=O) groups excluding carboxylic acids is 2. The average Bonchev–Trinajstić information content (AvgIpc) is 2.99. The summed E-state index contributed by atoms with van der Waals surface area (Å²) >= 11 is 5.93. The third kappa shape index (κ3) is 5.98. The molecule has 0 aliphatic rings. The van der Waals surface area contributed by atoms with Crippen LogP contribution in [0.1, 0.15) is 43.9 Å². The van der Waals surface area contributed by atoms with E-state index < -0.39 is 17.8 Å². The molecule has 1 heterocycles. The van der Waals surface area contributed by atoms with Crippen LogP contribution in [0, 0.1) is 6.92 Å². The van der Waals surface area contributed by atoms with Crippen LogP contribution in [0.5, 0.6) is 0 Å². The van der Waals surface area contributed by atoms with E-state index in [2.05, 4.69) is 5.32 Å². The number of oxazole rings is 1. The first kappa shape index (κ1) is 22.6. The zero-order valence-corrected chi connectivity index (χ0v) is 18.4. The fraction of sp³-hybridized carbons (Fsp3) is 0.348. The van der Waals surface area contributed by atoms with E-state index in [1.807, 2.05) is 31.2 Å². The number of hydrogen-bond donors (Lipinski definition) is 1. The van der Waals surface area contributed by atoms with Crippen LogP contribution in [-0.2, 0) is 20.9 Å². The third-order valence-corrected chi connectivity index (χ3v) is 4.98. The smallest absolute Gasteiger partial charge is 0.419 e. The largest absolute Gasteiger partial charge is 0.463 e. The Bertz CT molecular complexity index is 1130. The van der Waals surface area contributed by atoms with Crippen molar-refractivity contribution in [2.45, 2.75) is 52.3 Å². The molecule has 1 aromatic heterocycles. The van der Waals surface area contributed by atoms with E-state index >= 15 is 0 Å². The van der Waals surface area contributed by atoms with Gasteiger partial charge in [-0.15, -0.1) is 0 Å². The molecule has 1 amide bonds. The van der Waals surface area contributed by atoms with Gasteiger partial charge < -0.3 is 14.5 Å². The zero-order chi connectivity index (χ0) is 22.5. The van der Waals surface area contributed by atoms with Gasteiger partial charge >= 0.3 is 11.7 Å². The molecule has 0 aliphatic carbocycles. The molecule has 1 atom stereocenters. The van der Waals surface area contributed by atoms with Crippen LogP contribution in [-0.4, -0.2) is 22.5 Å². The third-order valence-electron chi connectivity index (χ3n) is 4.75. The Morgan fingerprint density at radius 1 is 1.16 bits per heavy atom. The molecule has 8 heteroatoms. The van der Waals surface area contributed by atoms with E-state index in [4.69, 9.17) is 20.8 Å². The summed E-state index contributed by atoms with van der Waals surface area (Å²) in [7, 11) is 0. The van der Waals surface area contributed by atoms with E-state index in [1.165, 1.54) is 4.57 Å². The minimum absolute atomic E-state index is 0.0140. The molecular formula is C23H25ClN2O5. The molecule has 0 radical (unpaired) electrons. The number of benzene rings is 2. The van der Waals surface area contributed by atoms with E-state index in [0.717, 1.165) is 11.1 Å². The first-order valence-electron chi connectivity index (χ1n) is 10.1. The lowest BCUT2D eigenvalue weighted by Crippen LogP contribution is -2.32. The predicted molar refractivity (Wildman–Crippen MR) is 118 cm³/mol. The van der Waals surface area contributed by atoms with E-state index in [1.54, 1.807) is 32.0 Å². The highest BCUT2D eigenvalue weighted by molar-refractivity contribution is 6.31. The Morgan fingerprint density at radius 2 is 1.87 bits per heavy atom. The predicted octanol–water partition coefficient (Wildman–Crippen LogP) is 4.15. The van der Waals surface area contributed by atoms with Gasteiger partial charge in [0, 0.05) is 24.1 Å². The Balaban J connectivity index is 1.71. The number of esters is 1. The molecule has 3 rings (SSSR count). The highest BCUT2D eigenvalue weighted by Crippen LogP contribution is 2.20. The van der Waals surface area contributed by atoms with Crippen molar-refractivity contribution in [3.05, 3.63) is 69.2 Å². The van der Waals surface area contributed by atoms with Gasteiger partial charge in [0.05, 0.1) is 24.1 Å². The van der Waals surface area contributed by atoms with Gasteiger partial charge in [-0.05, 0) is 38.5 Å². The summed E-state index contributed by atoms with van der Waals surface area (Å²) in [4.78, 5) is 37.0. The van der Waals surface area contributed by atoms with Gasteiger partial charge in [-0.3, -0.25) is 14.2 Å². The molecule has 0 bridgehead atoms. The van der Waals surface area contributed by atoms with Crippen LogP contribution < -0.4 is 11.1 Å². The summed E-state index contributed by atoms with van der Waals surface area (Å²) in [5.74, 6) is -1.24. The second-order valence-corrected chi connectivity index (χ2v) is 8.09.